The van der Waals surface area contributed by atoms with Gasteiger partial charge in [0.15, 0.2) is 0 Å². The van der Waals surface area contributed by atoms with Gasteiger partial charge in [-0.2, -0.15) is 10.7 Å². The van der Waals surface area contributed by atoms with E-state index < -0.39 is 6.03 Å². The second-order valence-corrected chi connectivity index (χ2v) is 5.25. The first-order valence-corrected chi connectivity index (χ1v) is 8.01. The molecule has 2 amide bonds. The zero-order chi connectivity index (χ0) is 15.1. The summed E-state index contributed by atoms with van der Waals surface area (Å²) >= 11 is 0. The molecule has 6 nitrogen and oxygen atoms in total. The van der Waals surface area contributed by atoms with Crippen molar-refractivity contribution < 1.29 is 4.79 Å². The van der Waals surface area contributed by atoms with Crippen LogP contribution in [0.3, 0.4) is 0 Å². The molecule has 0 aliphatic rings. The number of hydrazine groups is 3. The summed E-state index contributed by atoms with van der Waals surface area (Å²) < 4.78 is 0. The van der Waals surface area contributed by atoms with Crippen molar-refractivity contribution in [2.75, 3.05) is 6.54 Å². The first kappa shape index (κ1) is 19.1. The van der Waals surface area contributed by atoms with Gasteiger partial charge < -0.3 is 5.73 Å². The lowest BCUT2D eigenvalue weighted by Gasteiger charge is -2.18. The molecule has 0 aromatic carbocycles. The molecule has 0 saturated heterocycles. The average Bonchev–Trinajstić information content (AvgIpc) is 2.43. The normalized spacial score (nSPS) is 10.7. The van der Waals surface area contributed by atoms with E-state index in [-0.39, 0.29) is 0 Å². The van der Waals surface area contributed by atoms with Crippen molar-refractivity contribution in [1.82, 2.24) is 16.1 Å². The van der Waals surface area contributed by atoms with Crippen LogP contribution in [0.2, 0.25) is 0 Å². The molecule has 0 atom stereocenters. The monoisotopic (exact) mass is 287 g/mol. The molecule has 0 aliphatic carbocycles. The summed E-state index contributed by atoms with van der Waals surface area (Å²) in [4.78, 5) is 10.8. The highest BCUT2D eigenvalue weighted by Gasteiger charge is 2.04. The molecule has 120 valence electrons. The Labute approximate surface area is 123 Å². The summed E-state index contributed by atoms with van der Waals surface area (Å²) in [6.45, 7) is 2.95. The molecule has 20 heavy (non-hydrogen) atoms. The lowest BCUT2D eigenvalue weighted by atomic mass is 10.1. The summed E-state index contributed by atoms with van der Waals surface area (Å²) in [5.74, 6) is 5.13. The summed E-state index contributed by atoms with van der Waals surface area (Å²) in [5.41, 5.74) is 10.1. The number of hydrogen-bond donors (Lipinski definition) is 4. The Hall–Kier alpha value is -0.850. The Kier molecular flexibility index (Phi) is 13.9. The maximum Gasteiger partial charge on any atom is 0.345 e. The fraction of sp³-hybridized carbons (Fsp3) is 0.929. The van der Waals surface area contributed by atoms with Crippen molar-refractivity contribution in [3.05, 3.63) is 0 Å². The van der Waals surface area contributed by atoms with Crippen molar-refractivity contribution in [2.24, 2.45) is 11.6 Å². The van der Waals surface area contributed by atoms with Crippen LogP contribution in [0, 0.1) is 0 Å². The second-order valence-electron chi connectivity index (χ2n) is 5.25. The first-order chi connectivity index (χ1) is 9.72. The van der Waals surface area contributed by atoms with Crippen LogP contribution < -0.4 is 22.5 Å². The SMILES string of the molecule is CCCCCCCCCCCCCNN(NN)C(N)=O. The number of nitrogens with two attached hydrogens (primary N) is 2. The molecule has 6 N–H and O–H groups in total. The van der Waals surface area contributed by atoms with E-state index in [4.69, 9.17) is 11.6 Å². The highest BCUT2D eigenvalue weighted by molar-refractivity contribution is 5.70. The van der Waals surface area contributed by atoms with Gasteiger partial charge in [-0.15, -0.1) is 0 Å². The number of carbonyl (C=O) groups excluding carboxylic acids is 1. The number of hydrogen-bond acceptors (Lipinski definition) is 4. The quantitative estimate of drug-likeness (QED) is 0.224. The molecule has 0 saturated carbocycles. The van der Waals surface area contributed by atoms with Crippen LogP contribution in [0.15, 0.2) is 0 Å². The second kappa shape index (κ2) is 14.6. The van der Waals surface area contributed by atoms with E-state index in [0.717, 1.165) is 11.5 Å². The third kappa shape index (κ3) is 12.2. The highest BCUT2D eigenvalue weighted by atomic mass is 16.2. The van der Waals surface area contributed by atoms with Crippen molar-refractivity contribution in [2.45, 2.75) is 77.6 Å². The van der Waals surface area contributed by atoms with Gasteiger partial charge in [0.05, 0.1) is 0 Å². The molecule has 0 radical (unpaired) electrons. The van der Waals surface area contributed by atoms with Gasteiger partial charge in [-0.3, -0.25) is 5.84 Å². The minimum Gasteiger partial charge on any atom is -0.349 e. The zero-order valence-corrected chi connectivity index (χ0v) is 13.0. The van der Waals surface area contributed by atoms with Gasteiger partial charge in [0, 0.05) is 6.54 Å². The molecule has 0 bridgehead atoms. The molecule has 0 rings (SSSR count). The van der Waals surface area contributed by atoms with Crippen molar-refractivity contribution in [3.8, 4) is 0 Å². The molecular formula is C14H33N5O. The number of amides is 2. The lowest BCUT2D eigenvalue weighted by molar-refractivity contribution is 0.139. The topological polar surface area (TPSA) is 96.4 Å². The van der Waals surface area contributed by atoms with Gasteiger partial charge in [-0.05, 0) is 6.42 Å². The number of unbranched alkanes of at least 4 members (excludes halogenated alkanes) is 10. The van der Waals surface area contributed by atoms with Crippen LogP contribution in [0.4, 0.5) is 4.79 Å². The molecule has 0 aromatic heterocycles. The predicted octanol–water partition coefficient (Wildman–Crippen LogP) is 2.56. The summed E-state index contributed by atoms with van der Waals surface area (Å²) in [6, 6.07) is -0.629. The van der Waals surface area contributed by atoms with E-state index in [1.54, 1.807) is 0 Å². The van der Waals surface area contributed by atoms with Crippen molar-refractivity contribution in [1.29, 1.82) is 0 Å². The molecule has 0 unspecified atom stereocenters. The van der Waals surface area contributed by atoms with Crippen molar-refractivity contribution >= 4 is 6.03 Å². The molecule has 0 spiro atoms. The summed E-state index contributed by atoms with van der Waals surface area (Å²) in [5, 5.41) is 0.996. The van der Waals surface area contributed by atoms with Crippen LogP contribution in [0.25, 0.3) is 0 Å². The fourth-order valence-corrected chi connectivity index (χ4v) is 2.17. The maximum atomic E-state index is 10.8. The van der Waals surface area contributed by atoms with Crippen LogP contribution in [0.5, 0.6) is 0 Å². The summed E-state index contributed by atoms with van der Waals surface area (Å²) in [7, 11) is 0. The molecule has 0 aliphatic heterocycles. The molecular weight excluding hydrogens is 254 g/mol. The lowest BCUT2D eigenvalue weighted by Crippen LogP contribution is -2.57. The summed E-state index contributed by atoms with van der Waals surface area (Å²) in [6.07, 6.45) is 14.3. The number of rotatable bonds is 14. The number of nitrogens with zero attached hydrogens (tertiary/aromatic N) is 1. The first-order valence-electron chi connectivity index (χ1n) is 8.01. The minimum absolute atomic E-state index is 0.629. The van der Waals surface area contributed by atoms with E-state index in [0.29, 0.717) is 6.54 Å². The fourth-order valence-electron chi connectivity index (χ4n) is 2.17. The predicted molar refractivity (Wildman–Crippen MR) is 83.2 cm³/mol. The standard InChI is InChI=1S/C14H33N5O/c1-2-3-4-5-6-7-8-9-10-11-12-13-17-19(18-16)14(15)20/h17-18H,2-13,16H2,1H3,(H2,15,20). The zero-order valence-electron chi connectivity index (χ0n) is 13.0. The van der Waals surface area contributed by atoms with E-state index in [1.807, 2.05) is 0 Å². The van der Waals surface area contributed by atoms with E-state index in [9.17, 15) is 4.79 Å². The number of nitrogens with one attached hydrogen (secondary N) is 2. The Bertz CT molecular complexity index is 226. The Morgan fingerprint density at radius 1 is 0.900 bits per heavy atom. The largest absolute Gasteiger partial charge is 0.349 e. The van der Waals surface area contributed by atoms with Crippen LogP contribution in [-0.2, 0) is 0 Å². The molecule has 0 heterocycles. The minimum atomic E-state index is -0.629. The van der Waals surface area contributed by atoms with Gasteiger partial charge in [0.25, 0.3) is 0 Å². The third-order valence-electron chi connectivity index (χ3n) is 3.40. The number of primary amides is 1. The average molecular weight is 287 g/mol. The highest BCUT2D eigenvalue weighted by Crippen LogP contribution is 2.10. The number of carbonyl (C=O) groups is 1. The van der Waals surface area contributed by atoms with Gasteiger partial charge in [0.1, 0.15) is 0 Å². The van der Waals surface area contributed by atoms with Gasteiger partial charge >= 0.3 is 6.03 Å². The van der Waals surface area contributed by atoms with Crippen LogP contribution >= 0.6 is 0 Å². The maximum absolute atomic E-state index is 10.8. The Balaban J connectivity index is 3.15. The van der Waals surface area contributed by atoms with Crippen LogP contribution in [-0.4, -0.2) is 17.7 Å². The molecule has 6 heteroatoms. The van der Waals surface area contributed by atoms with Crippen LogP contribution in [0.1, 0.15) is 77.6 Å². The van der Waals surface area contributed by atoms with E-state index >= 15 is 0 Å². The van der Waals surface area contributed by atoms with Crippen molar-refractivity contribution in [3.63, 3.8) is 0 Å². The third-order valence-corrected chi connectivity index (χ3v) is 3.40. The molecule has 0 aromatic rings. The van der Waals surface area contributed by atoms with Gasteiger partial charge in [0.2, 0.25) is 0 Å². The Morgan fingerprint density at radius 3 is 1.75 bits per heavy atom. The van der Waals surface area contributed by atoms with E-state index in [2.05, 4.69) is 17.9 Å². The Morgan fingerprint density at radius 2 is 1.35 bits per heavy atom. The molecule has 0 fully saturated rings. The van der Waals surface area contributed by atoms with Gasteiger partial charge in [-0.25, -0.2) is 10.2 Å². The smallest absolute Gasteiger partial charge is 0.345 e. The van der Waals surface area contributed by atoms with E-state index in [1.165, 1.54) is 64.2 Å². The number of urea groups is 1. The van der Waals surface area contributed by atoms with Gasteiger partial charge in [-0.1, -0.05) is 71.1 Å².